The zero-order valence-electron chi connectivity index (χ0n) is 18.6. The van der Waals surface area contributed by atoms with Gasteiger partial charge in [-0.25, -0.2) is 9.59 Å². The highest BCUT2D eigenvalue weighted by atomic mass is 16.5. The zero-order chi connectivity index (χ0) is 24.0. The Morgan fingerprint density at radius 2 is 1.50 bits per heavy atom. The van der Waals surface area contributed by atoms with Crippen molar-refractivity contribution < 1.29 is 24.2 Å². The molecule has 2 N–H and O–H groups in total. The average molecular weight is 459 g/mol. The predicted molar refractivity (Wildman–Crippen MR) is 126 cm³/mol. The number of alkyl carbamates (subject to hydrolysis) is 1. The summed E-state index contributed by atoms with van der Waals surface area (Å²) in [6.45, 7) is -0.0406. The SMILES string of the molecule is O=C(NCC(=O)N1CCC(c2ccccc2)[C@]1(C(=O)O)c1ccccc1)OCc1ccccc1. The number of carboxylic acids is 1. The van der Waals surface area contributed by atoms with Crippen LogP contribution < -0.4 is 5.32 Å². The molecule has 174 valence electrons. The van der Waals surface area contributed by atoms with Gasteiger partial charge in [0.1, 0.15) is 13.2 Å². The van der Waals surface area contributed by atoms with Gasteiger partial charge in [0.05, 0.1) is 0 Å². The van der Waals surface area contributed by atoms with Crippen molar-refractivity contribution in [1.29, 1.82) is 0 Å². The smallest absolute Gasteiger partial charge is 0.407 e. The first kappa shape index (κ1) is 23.0. The molecule has 0 radical (unpaired) electrons. The molecule has 0 aliphatic carbocycles. The predicted octanol–water partition coefficient (Wildman–Crippen LogP) is 3.91. The van der Waals surface area contributed by atoms with E-state index in [0.29, 0.717) is 12.0 Å². The van der Waals surface area contributed by atoms with E-state index in [4.69, 9.17) is 4.74 Å². The summed E-state index contributed by atoms with van der Waals surface area (Å²) in [6, 6.07) is 27.4. The van der Waals surface area contributed by atoms with E-state index in [0.717, 1.165) is 11.1 Å². The van der Waals surface area contributed by atoms with Crippen LogP contribution >= 0.6 is 0 Å². The largest absolute Gasteiger partial charge is 0.479 e. The first-order valence-electron chi connectivity index (χ1n) is 11.1. The monoisotopic (exact) mass is 458 g/mol. The number of carbonyl (C=O) groups excluding carboxylic acids is 2. The third-order valence-electron chi connectivity index (χ3n) is 6.21. The van der Waals surface area contributed by atoms with Crippen LogP contribution in [-0.2, 0) is 26.5 Å². The Balaban J connectivity index is 1.55. The van der Waals surface area contributed by atoms with E-state index in [-0.39, 0.29) is 19.7 Å². The van der Waals surface area contributed by atoms with E-state index in [1.165, 1.54) is 4.90 Å². The van der Waals surface area contributed by atoms with Crippen LogP contribution in [0.1, 0.15) is 29.0 Å². The van der Waals surface area contributed by atoms with E-state index >= 15 is 0 Å². The van der Waals surface area contributed by atoms with Gasteiger partial charge < -0.3 is 20.1 Å². The maximum absolute atomic E-state index is 13.3. The highest BCUT2D eigenvalue weighted by Crippen LogP contribution is 2.49. The van der Waals surface area contributed by atoms with Gasteiger partial charge in [0, 0.05) is 12.5 Å². The minimum Gasteiger partial charge on any atom is -0.479 e. The summed E-state index contributed by atoms with van der Waals surface area (Å²) in [4.78, 5) is 39.7. The molecule has 4 rings (SSSR count). The molecule has 1 fully saturated rings. The summed E-state index contributed by atoms with van der Waals surface area (Å²) in [7, 11) is 0. The fourth-order valence-electron chi connectivity index (χ4n) is 4.70. The molecule has 1 saturated heterocycles. The molecule has 0 saturated carbocycles. The molecular weight excluding hydrogens is 432 g/mol. The Bertz CT molecular complexity index is 1140. The molecule has 3 aromatic rings. The van der Waals surface area contributed by atoms with E-state index < -0.39 is 29.4 Å². The van der Waals surface area contributed by atoms with Crippen LogP contribution in [0, 0.1) is 0 Å². The second kappa shape index (κ2) is 10.2. The van der Waals surface area contributed by atoms with Gasteiger partial charge in [-0.2, -0.15) is 0 Å². The van der Waals surface area contributed by atoms with Crippen molar-refractivity contribution in [3.8, 4) is 0 Å². The first-order valence-corrected chi connectivity index (χ1v) is 11.1. The molecule has 7 nitrogen and oxygen atoms in total. The standard InChI is InChI=1S/C27H26N2O5/c30-24(18-28-26(33)34-19-20-10-4-1-5-11-20)29-17-16-23(21-12-6-2-7-13-21)27(29,25(31)32)22-14-8-3-9-15-22/h1-15,23H,16-19H2,(H,28,33)(H,31,32)/t23?,27-/m0/s1. The number of carbonyl (C=O) groups is 3. The number of nitrogens with zero attached hydrogens (tertiary/aromatic N) is 1. The fourth-order valence-corrected chi connectivity index (χ4v) is 4.70. The molecule has 1 aliphatic rings. The first-order chi connectivity index (χ1) is 16.5. The van der Waals surface area contributed by atoms with Crippen LogP contribution in [0.15, 0.2) is 91.0 Å². The maximum atomic E-state index is 13.3. The molecule has 34 heavy (non-hydrogen) atoms. The van der Waals surface area contributed by atoms with Crippen LogP contribution in [0.5, 0.6) is 0 Å². The highest BCUT2D eigenvalue weighted by Gasteiger charge is 2.58. The topological polar surface area (TPSA) is 95.9 Å². The van der Waals surface area contributed by atoms with Crippen molar-refractivity contribution in [2.24, 2.45) is 0 Å². The molecule has 1 unspecified atom stereocenters. The van der Waals surface area contributed by atoms with Gasteiger partial charge in [-0.3, -0.25) is 4.79 Å². The number of aliphatic carboxylic acids is 1. The van der Waals surface area contributed by atoms with Crippen molar-refractivity contribution in [3.05, 3.63) is 108 Å². The number of ether oxygens (including phenoxy) is 1. The lowest BCUT2D eigenvalue weighted by Crippen LogP contribution is -2.55. The lowest BCUT2D eigenvalue weighted by Gasteiger charge is -2.39. The number of hydrogen-bond donors (Lipinski definition) is 2. The minimum atomic E-state index is -1.59. The van der Waals surface area contributed by atoms with Crippen molar-refractivity contribution >= 4 is 18.0 Å². The molecule has 0 bridgehead atoms. The number of hydrogen-bond acceptors (Lipinski definition) is 4. The molecular formula is C27H26N2O5. The summed E-state index contributed by atoms with van der Waals surface area (Å²) in [5.41, 5.74) is 0.603. The summed E-state index contributed by atoms with van der Waals surface area (Å²) in [5, 5.41) is 13.0. The van der Waals surface area contributed by atoms with Crippen LogP contribution in [0.3, 0.4) is 0 Å². The Kier molecular flexibility index (Phi) is 6.92. The van der Waals surface area contributed by atoms with Crippen LogP contribution in [0.25, 0.3) is 0 Å². The number of rotatable bonds is 7. The molecule has 2 amide bonds. The van der Waals surface area contributed by atoms with Crippen molar-refractivity contribution in [1.82, 2.24) is 10.2 Å². The Hall–Kier alpha value is -4.13. The number of carboxylic acid groups (broad SMARTS) is 1. The lowest BCUT2D eigenvalue weighted by atomic mass is 9.75. The van der Waals surface area contributed by atoms with Gasteiger partial charge in [-0.05, 0) is 23.1 Å². The highest BCUT2D eigenvalue weighted by molar-refractivity contribution is 5.92. The summed E-state index contributed by atoms with van der Waals surface area (Å²) in [6.07, 6.45) is -0.258. The van der Waals surface area contributed by atoms with E-state index in [1.54, 1.807) is 24.3 Å². The fraction of sp³-hybridized carbons (Fsp3) is 0.222. The summed E-state index contributed by atoms with van der Waals surface area (Å²) in [5.74, 6) is -2.03. The Morgan fingerprint density at radius 1 is 0.912 bits per heavy atom. The Labute approximate surface area is 198 Å². The number of likely N-dealkylation sites (tertiary alicyclic amines) is 1. The van der Waals surface area contributed by atoms with Crippen LogP contribution in [-0.4, -0.2) is 41.1 Å². The molecule has 1 aliphatic heterocycles. The normalized spacial score (nSPS) is 19.4. The third-order valence-corrected chi connectivity index (χ3v) is 6.21. The van der Waals surface area contributed by atoms with Gasteiger partial charge >= 0.3 is 12.1 Å². The van der Waals surface area contributed by atoms with Gasteiger partial charge in [-0.1, -0.05) is 91.0 Å². The average Bonchev–Trinajstić information content (AvgIpc) is 3.29. The summed E-state index contributed by atoms with van der Waals surface area (Å²) < 4.78 is 5.18. The maximum Gasteiger partial charge on any atom is 0.407 e. The van der Waals surface area contributed by atoms with E-state index in [2.05, 4.69) is 5.32 Å². The zero-order valence-corrected chi connectivity index (χ0v) is 18.6. The lowest BCUT2D eigenvalue weighted by molar-refractivity contribution is -0.158. The van der Waals surface area contributed by atoms with Crippen molar-refractivity contribution in [2.75, 3.05) is 13.1 Å². The van der Waals surface area contributed by atoms with Gasteiger partial charge in [0.2, 0.25) is 5.91 Å². The number of benzene rings is 3. The van der Waals surface area contributed by atoms with Crippen LogP contribution in [0.2, 0.25) is 0 Å². The van der Waals surface area contributed by atoms with E-state index in [1.807, 2.05) is 66.7 Å². The van der Waals surface area contributed by atoms with Gasteiger partial charge in [-0.15, -0.1) is 0 Å². The number of amides is 2. The number of nitrogens with one attached hydrogen (secondary N) is 1. The molecule has 0 aromatic heterocycles. The molecule has 3 aromatic carbocycles. The summed E-state index contributed by atoms with van der Waals surface area (Å²) >= 11 is 0. The molecule has 1 heterocycles. The second-order valence-corrected chi connectivity index (χ2v) is 8.15. The van der Waals surface area contributed by atoms with Gasteiger partial charge in [0.25, 0.3) is 0 Å². The third kappa shape index (κ3) is 4.50. The quantitative estimate of drug-likeness (QED) is 0.560. The molecule has 2 atom stereocenters. The minimum absolute atomic E-state index is 0.0732. The van der Waals surface area contributed by atoms with Crippen molar-refractivity contribution in [3.63, 3.8) is 0 Å². The van der Waals surface area contributed by atoms with E-state index in [9.17, 15) is 19.5 Å². The Morgan fingerprint density at radius 3 is 2.12 bits per heavy atom. The van der Waals surface area contributed by atoms with Crippen molar-refractivity contribution in [2.45, 2.75) is 24.5 Å². The molecule has 0 spiro atoms. The molecule has 7 heteroatoms. The van der Waals surface area contributed by atoms with Crippen LogP contribution in [0.4, 0.5) is 4.79 Å². The second-order valence-electron chi connectivity index (χ2n) is 8.15. The van der Waals surface area contributed by atoms with Gasteiger partial charge in [0.15, 0.2) is 5.54 Å².